The van der Waals surface area contributed by atoms with Gasteiger partial charge < -0.3 is 15.0 Å². The molecule has 168 valence electrons. The molecule has 1 aromatic carbocycles. The fourth-order valence-electron chi connectivity index (χ4n) is 3.62. The summed E-state index contributed by atoms with van der Waals surface area (Å²) in [6.07, 6.45) is 7.96. The maximum Gasteiger partial charge on any atom is 0.271 e. The summed E-state index contributed by atoms with van der Waals surface area (Å²) < 4.78 is 8.03. The Morgan fingerprint density at radius 1 is 1.41 bits per heavy atom. The first-order chi connectivity index (χ1) is 15.5. The van der Waals surface area contributed by atoms with Gasteiger partial charge in [-0.15, -0.1) is 0 Å². The molecule has 0 spiro atoms. The second-order valence-corrected chi connectivity index (χ2v) is 10.0. The topological polar surface area (TPSA) is 89.0 Å². The van der Waals surface area contributed by atoms with E-state index in [1.54, 1.807) is 11.7 Å². The van der Waals surface area contributed by atoms with Gasteiger partial charge in [0.1, 0.15) is 10.4 Å². The van der Waals surface area contributed by atoms with E-state index < -0.39 is 0 Å². The van der Waals surface area contributed by atoms with Gasteiger partial charge in [-0.05, 0) is 56.5 Å². The number of thiazole rings is 1. The maximum atomic E-state index is 12.6. The number of nitrogens with one attached hydrogen (secondary N) is 2. The van der Waals surface area contributed by atoms with E-state index in [9.17, 15) is 9.59 Å². The molecule has 2 heterocycles. The van der Waals surface area contributed by atoms with Crippen molar-refractivity contribution in [1.82, 2.24) is 19.9 Å². The van der Waals surface area contributed by atoms with Crippen LogP contribution in [0.15, 0.2) is 45.9 Å². The highest BCUT2D eigenvalue weighted by molar-refractivity contribution is 7.99. The van der Waals surface area contributed by atoms with Crippen LogP contribution in [-0.4, -0.2) is 39.8 Å². The molecule has 10 heteroatoms. The van der Waals surface area contributed by atoms with E-state index in [0.717, 1.165) is 24.9 Å². The molecule has 1 aliphatic rings. The molecule has 0 atom stereocenters. The predicted octanol–water partition coefficient (Wildman–Crippen LogP) is 4.61. The molecule has 0 saturated carbocycles. The number of aromatic nitrogens is 3. The van der Waals surface area contributed by atoms with Crippen molar-refractivity contribution in [2.45, 2.75) is 37.3 Å². The summed E-state index contributed by atoms with van der Waals surface area (Å²) >= 11 is 7.91. The second kappa shape index (κ2) is 10.5. The Labute approximate surface area is 198 Å². The summed E-state index contributed by atoms with van der Waals surface area (Å²) in [7, 11) is 1.60. The van der Waals surface area contributed by atoms with Crippen molar-refractivity contribution in [3.8, 4) is 11.4 Å². The second-order valence-electron chi connectivity index (χ2n) is 7.43. The predicted molar refractivity (Wildman–Crippen MR) is 132 cm³/mol. The smallest absolute Gasteiger partial charge is 0.271 e. The number of fused-ring (bicyclic) bond motifs is 1. The van der Waals surface area contributed by atoms with Gasteiger partial charge in [0, 0.05) is 12.6 Å². The lowest BCUT2D eigenvalue weighted by Crippen LogP contribution is -2.26. The Kier molecular flexibility index (Phi) is 7.44. The largest absolute Gasteiger partial charge is 0.497 e. The average Bonchev–Trinajstić information content (AvgIpc) is 3.15. The van der Waals surface area contributed by atoms with Gasteiger partial charge in [-0.3, -0.25) is 14.2 Å². The number of rotatable bonds is 8. The molecule has 32 heavy (non-hydrogen) atoms. The Morgan fingerprint density at radius 3 is 3.06 bits per heavy atom. The molecule has 0 saturated heterocycles. The van der Waals surface area contributed by atoms with E-state index in [1.807, 2.05) is 24.3 Å². The van der Waals surface area contributed by atoms with Gasteiger partial charge in [-0.1, -0.05) is 40.8 Å². The number of hydrogen-bond donors (Lipinski definition) is 2. The minimum Gasteiger partial charge on any atom is -0.497 e. The van der Waals surface area contributed by atoms with Crippen molar-refractivity contribution in [2.24, 2.45) is 0 Å². The third-order valence-electron chi connectivity index (χ3n) is 5.23. The number of amides is 1. The highest BCUT2D eigenvalue weighted by atomic mass is 32.2. The fraction of sp³-hybridized carbons (Fsp3) is 0.364. The van der Waals surface area contributed by atoms with Crippen LogP contribution in [0.2, 0.25) is 0 Å². The normalized spacial score (nSPS) is 13.7. The number of carbonyl (C=O) groups excluding carboxylic acids is 1. The molecule has 0 fully saturated rings. The van der Waals surface area contributed by atoms with E-state index in [-0.39, 0.29) is 17.2 Å². The van der Waals surface area contributed by atoms with Gasteiger partial charge >= 0.3 is 0 Å². The zero-order chi connectivity index (χ0) is 22.5. The van der Waals surface area contributed by atoms with Gasteiger partial charge in [-0.25, -0.2) is 4.98 Å². The van der Waals surface area contributed by atoms with E-state index >= 15 is 0 Å². The third-order valence-corrected chi connectivity index (χ3v) is 7.46. The highest BCUT2D eigenvalue weighted by Gasteiger charge is 2.15. The number of nitrogens with zero attached hydrogens (tertiary/aromatic N) is 2. The number of benzene rings is 1. The molecule has 1 amide bonds. The van der Waals surface area contributed by atoms with Crippen LogP contribution in [0.1, 0.15) is 32.1 Å². The van der Waals surface area contributed by atoms with Crippen molar-refractivity contribution in [3.05, 3.63) is 50.2 Å². The van der Waals surface area contributed by atoms with Crippen LogP contribution in [0.3, 0.4) is 0 Å². The summed E-state index contributed by atoms with van der Waals surface area (Å²) in [5.74, 6) is 0.783. The van der Waals surface area contributed by atoms with Crippen LogP contribution < -0.4 is 15.6 Å². The Balaban J connectivity index is 1.47. The first kappa shape index (κ1) is 22.8. The first-order valence-corrected chi connectivity index (χ1v) is 12.6. The monoisotopic (exact) mass is 488 g/mol. The Morgan fingerprint density at radius 2 is 2.28 bits per heavy atom. The molecule has 2 N–H and O–H groups in total. The van der Waals surface area contributed by atoms with Crippen LogP contribution in [-0.2, 0) is 4.79 Å². The van der Waals surface area contributed by atoms with Crippen LogP contribution in [0.5, 0.6) is 5.75 Å². The molecule has 0 bridgehead atoms. The van der Waals surface area contributed by atoms with E-state index in [2.05, 4.69) is 21.4 Å². The third kappa shape index (κ3) is 5.31. The van der Waals surface area contributed by atoms with E-state index in [0.29, 0.717) is 31.8 Å². The zero-order valence-corrected chi connectivity index (χ0v) is 20.1. The quantitative estimate of drug-likeness (QED) is 0.208. The summed E-state index contributed by atoms with van der Waals surface area (Å²) in [5, 5.41) is 3.34. The van der Waals surface area contributed by atoms with Gasteiger partial charge in [0.25, 0.3) is 5.56 Å². The van der Waals surface area contributed by atoms with Crippen molar-refractivity contribution in [1.29, 1.82) is 0 Å². The lowest BCUT2D eigenvalue weighted by atomic mass is 9.97. The van der Waals surface area contributed by atoms with Crippen LogP contribution >= 0.6 is 35.3 Å². The summed E-state index contributed by atoms with van der Waals surface area (Å²) in [5.41, 5.74) is 2.41. The van der Waals surface area contributed by atoms with E-state index in [4.69, 9.17) is 17.0 Å². The number of ether oxygens (including phenoxy) is 1. The standard InChI is InChI=1S/C22H24N4O3S3/c1-29-16-9-5-8-15(12-16)26-19-18(32-22(26)30)20(28)25-21(24-19)31-13-17(27)23-11-10-14-6-3-2-4-7-14/h5-6,8-9,12H,2-4,7,10-11,13H2,1H3,(H,23,27)(H,24,25,28). The minimum absolute atomic E-state index is 0.0795. The SMILES string of the molecule is COc1cccc(-n2c(=S)sc3c(=O)[nH]c(SCC(=O)NCCC4=CCCCC4)nc32)c1. The molecule has 2 aromatic heterocycles. The molecule has 4 rings (SSSR count). The van der Waals surface area contributed by atoms with Crippen molar-refractivity contribution in [3.63, 3.8) is 0 Å². The number of carbonyl (C=O) groups is 1. The molecule has 0 radical (unpaired) electrons. The van der Waals surface area contributed by atoms with Crippen molar-refractivity contribution in [2.75, 3.05) is 19.4 Å². The fourth-order valence-corrected chi connectivity index (χ4v) is 5.58. The summed E-state index contributed by atoms with van der Waals surface area (Å²) in [6.45, 7) is 0.633. The van der Waals surface area contributed by atoms with Crippen molar-refractivity contribution < 1.29 is 9.53 Å². The summed E-state index contributed by atoms with van der Waals surface area (Å²) in [4.78, 5) is 32.2. The first-order valence-electron chi connectivity index (χ1n) is 10.4. The lowest BCUT2D eigenvalue weighted by Gasteiger charge is -2.12. The van der Waals surface area contributed by atoms with E-state index in [1.165, 1.54) is 41.5 Å². The van der Waals surface area contributed by atoms with Crippen molar-refractivity contribution >= 4 is 51.6 Å². The number of methoxy groups -OCH3 is 1. The maximum absolute atomic E-state index is 12.6. The zero-order valence-electron chi connectivity index (χ0n) is 17.7. The molecule has 0 aliphatic heterocycles. The van der Waals surface area contributed by atoms with Gasteiger partial charge in [-0.2, -0.15) is 0 Å². The Bertz CT molecular complexity index is 1280. The Hall–Kier alpha value is -2.43. The molecule has 0 unspecified atom stereocenters. The number of allylic oxidation sites excluding steroid dienone is 1. The van der Waals surface area contributed by atoms with Crippen LogP contribution in [0, 0.1) is 3.95 Å². The molecule has 1 aliphatic carbocycles. The summed E-state index contributed by atoms with van der Waals surface area (Å²) in [6, 6.07) is 7.42. The van der Waals surface area contributed by atoms with Crippen LogP contribution in [0.4, 0.5) is 0 Å². The highest BCUT2D eigenvalue weighted by Crippen LogP contribution is 2.26. The number of thioether (sulfide) groups is 1. The molecule has 3 aromatic rings. The van der Waals surface area contributed by atoms with Crippen LogP contribution in [0.25, 0.3) is 16.0 Å². The van der Waals surface area contributed by atoms with Gasteiger partial charge in [0.05, 0.1) is 18.6 Å². The number of aromatic amines is 1. The minimum atomic E-state index is -0.264. The molecule has 7 nitrogen and oxygen atoms in total. The van der Waals surface area contributed by atoms with Gasteiger partial charge in [0.2, 0.25) is 5.91 Å². The molecular formula is C22H24N4O3S3. The number of H-pyrrole nitrogens is 1. The lowest BCUT2D eigenvalue weighted by molar-refractivity contribution is -0.118. The molecular weight excluding hydrogens is 464 g/mol. The average molecular weight is 489 g/mol. The number of hydrogen-bond acceptors (Lipinski definition) is 7. The van der Waals surface area contributed by atoms with Gasteiger partial charge in [0.15, 0.2) is 14.8 Å².